The molecule has 3 rings (SSSR count). The molecule has 0 bridgehead atoms. The topological polar surface area (TPSA) is 52.6 Å². The number of ether oxygens (including phenoxy) is 1. The first kappa shape index (κ1) is 25.9. The van der Waals surface area contributed by atoms with E-state index in [1.54, 1.807) is 6.92 Å². The third-order valence-electron chi connectivity index (χ3n) is 8.00. The van der Waals surface area contributed by atoms with Crippen molar-refractivity contribution in [2.24, 2.45) is 17.3 Å². The molecular weight excluding hydrogens is 428 g/mol. The zero-order chi connectivity index (χ0) is 24.7. The summed E-state index contributed by atoms with van der Waals surface area (Å²) in [5.74, 6) is -1.59. The molecule has 4 nitrogen and oxygen atoms in total. The molecule has 0 unspecified atom stereocenters. The first-order valence-electron chi connectivity index (χ1n) is 12.6. The predicted octanol–water partition coefficient (Wildman–Crippen LogP) is 6.81. The summed E-state index contributed by atoms with van der Waals surface area (Å²) in [7, 11) is -2.23. The van der Waals surface area contributed by atoms with E-state index in [0.717, 1.165) is 17.6 Å². The molecule has 2 aliphatic carbocycles. The largest absolute Gasteiger partial charge is 0.465 e. The van der Waals surface area contributed by atoms with Crippen LogP contribution in [-0.2, 0) is 18.8 Å². The lowest BCUT2D eigenvalue weighted by molar-refractivity contribution is -0.153. The van der Waals surface area contributed by atoms with E-state index < -0.39 is 20.2 Å². The van der Waals surface area contributed by atoms with Gasteiger partial charge in [-0.2, -0.15) is 0 Å². The zero-order valence-electron chi connectivity index (χ0n) is 21.9. The molecule has 0 aliphatic heterocycles. The quantitative estimate of drug-likeness (QED) is 0.238. The van der Waals surface area contributed by atoms with Gasteiger partial charge in [-0.15, -0.1) is 0 Å². The summed E-state index contributed by atoms with van der Waals surface area (Å²) in [5, 5.41) is 0. The van der Waals surface area contributed by atoms with Gasteiger partial charge in [-0.05, 0) is 40.9 Å². The van der Waals surface area contributed by atoms with Crippen LogP contribution in [0.5, 0.6) is 0 Å². The van der Waals surface area contributed by atoms with E-state index in [4.69, 9.17) is 9.16 Å². The Bertz CT molecular complexity index is 891. The van der Waals surface area contributed by atoms with Crippen molar-refractivity contribution in [2.45, 2.75) is 91.5 Å². The normalized spacial score (nSPS) is 24.8. The summed E-state index contributed by atoms with van der Waals surface area (Å²) in [6, 6.07) is 9.80. The molecule has 0 saturated heterocycles. The summed E-state index contributed by atoms with van der Waals surface area (Å²) in [4.78, 5) is 26.9. The van der Waals surface area contributed by atoms with E-state index in [2.05, 4.69) is 55.4 Å². The lowest BCUT2D eigenvalue weighted by atomic mass is 9.81. The third kappa shape index (κ3) is 4.27. The van der Waals surface area contributed by atoms with Crippen LogP contribution >= 0.6 is 0 Å². The van der Waals surface area contributed by atoms with E-state index in [1.807, 2.05) is 30.3 Å². The van der Waals surface area contributed by atoms with Gasteiger partial charge in [0.1, 0.15) is 5.92 Å². The first-order valence-corrected chi connectivity index (χ1v) is 14.7. The van der Waals surface area contributed by atoms with Gasteiger partial charge in [0.2, 0.25) is 8.32 Å². The smallest absolute Gasteiger partial charge is 0.317 e. The Kier molecular flexibility index (Phi) is 7.45. The highest BCUT2D eigenvalue weighted by molar-refractivity contribution is 6.77. The summed E-state index contributed by atoms with van der Waals surface area (Å²) in [6.07, 6.45) is 0.568. The second-order valence-electron chi connectivity index (χ2n) is 11.4. The number of Topliss-reactive ketones (excluding diaryl/α,β-unsaturated/α-hetero) is 1. The Morgan fingerprint density at radius 2 is 1.58 bits per heavy atom. The molecule has 3 atom stereocenters. The van der Waals surface area contributed by atoms with Crippen LogP contribution < -0.4 is 0 Å². The number of hydrogen-bond donors (Lipinski definition) is 0. The molecule has 0 spiro atoms. The van der Waals surface area contributed by atoms with Gasteiger partial charge in [0.15, 0.2) is 5.78 Å². The molecule has 1 aromatic rings. The highest BCUT2D eigenvalue weighted by atomic mass is 28.4. The Morgan fingerprint density at radius 3 is 2.06 bits per heavy atom. The molecular formula is C28H42O4Si. The molecule has 1 saturated carbocycles. The van der Waals surface area contributed by atoms with E-state index in [0.29, 0.717) is 22.2 Å². The summed E-state index contributed by atoms with van der Waals surface area (Å²) in [5.41, 5.74) is 3.78. The van der Waals surface area contributed by atoms with Gasteiger partial charge in [0, 0.05) is 11.5 Å². The summed E-state index contributed by atoms with van der Waals surface area (Å²) in [6.45, 7) is 20.2. The van der Waals surface area contributed by atoms with Gasteiger partial charge in [-0.3, -0.25) is 9.59 Å². The fraction of sp³-hybridized carbons (Fsp3) is 0.643. The highest BCUT2D eigenvalue weighted by Crippen LogP contribution is 2.59. The zero-order valence-corrected chi connectivity index (χ0v) is 22.9. The lowest BCUT2D eigenvalue weighted by Crippen LogP contribution is -2.54. The molecule has 0 heterocycles. The van der Waals surface area contributed by atoms with Gasteiger partial charge in [0.25, 0.3) is 0 Å². The number of rotatable bonds is 8. The molecule has 1 fully saturated rings. The summed E-state index contributed by atoms with van der Waals surface area (Å²) < 4.78 is 12.8. The van der Waals surface area contributed by atoms with E-state index in [-0.39, 0.29) is 29.8 Å². The fourth-order valence-electron chi connectivity index (χ4n) is 6.77. The third-order valence-corrected chi connectivity index (χ3v) is 14.1. The van der Waals surface area contributed by atoms with Gasteiger partial charge in [-0.1, -0.05) is 91.3 Å². The van der Waals surface area contributed by atoms with Crippen molar-refractivity contribution < 1.29 is 18.8 Å². The van der Waals surface area contributed by atoms with Gasteiger partial charge >= 0.3 is 5.97 Å². The van der Waals surface area contributed by atoms with Crippen molar-refractivity contribution in [1.29, 1.82) is 0 Å². The van der Waals surface area contributed by atoms with Crippen molar-refractivity contribution in [3.63, 3.8) is 0 Å². The minimum absolute atomic E-state index is 0.102. The van der Waals surface area contributed by atoms with Crippen molar-refractivity contribution in [3.8, 4) is 0 Å². The molecule has 182 valence electrons. The minimum atomic E-state index is -2.23. The molecule has 2 aliphatic rings. The molecule has 0 radical (unpaired) electrons. The van der Waals surface area contributed by atoms with Crippen LogP contribution in [0.15, 0.2) is 35.9 Å². The van der Waals surface area contributed by atoms with Crippen LogP contribution in [0, 0.1) is 17.3 Å². The van der Waals surface area contributed by atoms with Crippen LogP contribution in [0.1, 0.15) is 74.3 Å². The van der Waals surface area contributed by atoms with Crippen molar-refractivity contribution >= 4 is 25.6 Å². The van der Waals surface area contributed by atoms with Crippen LogP contribution in [-0.4, -0.2) is 32.8 Å². The Balaban J connectivity index is 2.18. The predicted molar refractivity (Wildman–Crippen MR) is 136 cm³/mol. The second kappa shape index (κ2) is 9.50. The van der Waals surface area contributed by atoms with E-state index >= 15 is 0 Å². The Morgan fingerprint density at radius 1 is 1.03 bits per heavy atom. The van der Waals surface area contributed by atoms with Gasteiger partial charge in [-0.25, -0.2) is 0 Å². The number of ketones is 1. The number of esters is 1. The Labute approximate surface area is 201 Å². The maximum Gasteiger partial charge on any atom is 0.317 e. The number of carbonyl (C=O) groups excluding carboxylic acids is 2. The average Bonchev–Trinajstić information content (AvgIpc) is 3.12. The number of fused-ring (bicyclic) bond motifs is 1. The van der Waals surface area contributed by atoms with Gasteiger partial charge in [0.05, 0.1) is 12.7 Å². The Hall–Kier alpha value is -1.72. The van der Waals surface area contributed by atoms with Crippen molar-refractivity contribution in [1.82, 2.24) is 0 Å². The monoisotopic (exact) mass is 470 g/mol. The fourth-order valence-corrected chi connectivity index (χ4v) is 12.5. The number of benzene rings is 1. The van der Waals surface area contributed by atoms with Gasteiger partial charge < -0.3 is 9.16 Å². The van der Waals surface area contributed by atoms with Crippen LogP contribution in [0.2, 0.25) is 16.6 Å². The molecule has 5 heteroatoms. The molecule has 0 aromatic heterocycles. The average molecular weight is 471 g/mol. The number of hydrogen-bond acceptors (Lipinski definition) is 4. The van der Waals surface area contributed by atoms with Crippen LogP contribution in [0.25, 0.3) is 5.57 Å². The first-order chi connectivity index (χ1) is 15.4. The molecule has 0 N–H and O–H groups in total. The summed E-state index contributed by atoms with van der Waals surface area (Å²) >= 11 is 0. The number of allylic oxidation sites excluding steroid dienone is 1. The van der Waals surface area contributed by atoms with E-state index in [9.17, 15) is 9.59 Å². The standard InChI is InChI=1S/C28H42O4Si/c1-10-31-27(30)24-23-21(22(25(24)29)20-14-12-11-13-15-20)16-28(8,9)26(23)32-33(17(2)3,18(4)5)19(6)7/h11-15,17-19,23-24,26H,10,16H2,1-9H3/t23-,24+,26+/m0/s1. The SMILES string of the molecule is CCOC(=O)[C@H]1C(=O)C(c2ccccc2)=C2CC(C)(C)[C@H](O[Si](C(C)C)(C(C)C)C(C)C)[C@@H]21. The minimum Gasteiger partial charge on any atom is -0.465 e. The van der Waals surface area contributed by atoms with Crippen LogP contribution in [0.4, 0.5) is 0 Å². The van der Waals surface area contributed by atoms with E-state index in [1.165, 1.54) is 0 Å². The molecule has 0 amide bonds. The van der Waals surface area contributed by atoms with Crippen molar-refractivity contribution in [2.75, 3.05) is 6.61 Å². The number of carbonyl (C=O) groups is 2. The molecule has 1 aromatic carbocycles. The molecule has 33 heavy (non-hydrogen) atoms. The van der Waals surface area contributed by atoms with Crippen LogP contribution in [0.3, 0.4) is 0 Å². The van der Waals surface area contributed by atoms with Crippen molar-refractivity contribution in [3.05, 3.63) is 41.5 Å². The second-order valence-corrected chi connectivity index (χ2v) is 16.8. The highest BCUT2D eigenvalue weighted by Gasteiger charge is 2.61. The maximum absolute atomic E-state index is 13.8. The maximum atomic E-state index is 13.8. The lowest BCUT2D eigenvalue weighted by Gasteiger charge is -2.48.